The standard InChI is InChI=1S/C47H79NO7/c1-6-8-10-12-14-16-18-20-22-24-25-27-29-31-33-35-37-45(49)54-42-43(41-53-40-39-44(47(51)52)48(3,4)5)55-46(50)38-36-34-32-30-28-26-23-21-19-17-15-13-11-9-7-2/h9,11,13,15,17,19,21-24,26,28,43-44H,6-8,10,12,14,16,18,20,25,27,29-42H2,1-5H3/b11-9+,15-13+,19-17+,23-21+,24-22+,28-26+. The Morgan fingerprint density at radius 2 is 1.04 bits per heavy atom. The fourth-order valence-corrected chi connectivity index (χ4v) is 5.85. The monoisotopic (exact) mass is 770 g/mol. The van der Waals surface area contributed by atoms with E-state index in [0.717, 1.165) is 57.8 Å². The zero-order chi connectivity index (χ0) is 40.7. The molecular formula is C47H79NO7. The van der Waals surface area contributed by atoms with Gasteiger partial charge in [0.1, 0.15) is 12.6 Å². The molecule has 0 amide bonds. The number of unbranched alkanes of at least 4 members (excludes halogenated alkanes) is 15. The van der Waals surface area contributed by atoms with Gasteiger partial charge < -0.3 is 28.6 Å². The molecule has 55 heavy (non-hydrogen) atoms. The van der Waals surface area contributed by atoms with Crippen molar-refractivity contribution in [3.63, 3.8) is 0 Å². The predicted octanol–water partition coefficient (Wildman–Crippen LogP) is 10.2. The molecule has 8 nitrogen and oxygen atoms in total. The third-order valence-corrected chi connectivity index (χ3v) is 9.20. The maximum atomic E-state index is 12.7. The van der Waals surface area contributed by atoms with Gasteiger partial charge >= 0.3 is 11.9 Å². The highest BCUT2D eigenvalue weighted by atomic mass is 16.6. The summed E-state index contributed by atoms with van der Waals surface area (Å²) in [5.74, 6) is -1.81. The molecule has 0 rings (SSSR count). The van der Waals surface area contributed by atoms with Crippen molar-refractivity contribution in [2.24, 2.45) is 0 Å². The molecule has 0 aliphatic rings. The summed E-state index contributed by atoms with van der Waals surface area (Å²) in [6.07, 6.45) is 46.4. The number of allylic oxidation sites excluding steroid dienone is 12. The largest absolute Gasteiger partial charge is 0.544 e. The molecule has 0 aliphatic carbocycles. The smallest absolute Gasteiger partial charge is 0.306 e. The van der Waals surface area contributed by atoms with Crippen molar-refractivity contribution in [2.75, 3.05) is 41.0 Å². The lowest BCUT2D eigenvalue weighted by molar-refractivity contribution is -0.889. The third-order valence-electron chi connectivity index (χ3n) is 9.20. The number of quaternary nitrogens is 1. The highest BCUT2D eigenvalue weighted by molar-refractivity contribution is 5.70. The molecule has 0 heterocycles. The molecule has 0 bridgehead atoms. The summed E-state index contributed by atoms with van der Waals surface area (Å²) in [6.45, 7) is 4.44. The van der Waals surface area contributed by atoms with Crippen molar-refractivity contribution in [3.8, 4) is 0 Å². The summed E-state index contributed by atoms with van der Waals surface area (Å²) in [7, 11) is 5.38. The number of carbonyl (C=O) groups is 3. The fraction of sp³-hybridized carbons (Fsp3) is 0.681. The number of hydrogen-bond acceptors (Lipinski definition) is 7. The SMILES string of the molecule is CC/C=C/C=C/C=C/C=C/C=C/CCCCCC(=O)OC(COCCC(C(=O)[O-])[N+](C)(C)C)COC(=O)CCCCCCC/C=C/CCCCCCCCC. The number of carboxylic acids is 1. The Bertz CT molecular complexity index is 1130. The predicted molar refractivity (Wildman–Crippen MR) is 226 cm³/mol. The number of carboxylic acid groups (broad SMARTS) is 1. The summed E-state index contributed by atoms with van der Waals surface area (Å²) in [6, 6.07) is -0.738. The maximum Gasteiger partial charge on any atom is 0.306 e. The van der Waals surface area contributed by atoms with Gasteiger partial charge in [-0.3, -0.25) is 9.59 Å². The molecule has 0 saturated heterocycles. The Hall–Kier alpha value is -3.23. The van der Waals surface area contributed by atoms with E-state index < -0.39 is 18.1 Å². The highest BCUT2D eigenvalue weighted by Crippen LogP contribution is 2.13. The molecule has 0 saturated carbocycles. The number of rotatable bonds is 37. The maximum absolute atomic E-state index is 12.7. The zero-order valence-corrected chi connectivity index (χ0v) is 35.6. The first kappa shape index (κ1) is 51.8. The van der Waals surface area contributed by atoms with E-state index in [2.05, 4.69) is 38.2 Å². The van der Waals surface area contributed by atoms with Crippen LogP contribution in [0.15, 0.2) is 72.9 Å². The van der Waals surface area contributed by atoms with Crippen molar-refractivity contribution < 1.29 is 38.2 Å². The second-order valence-corrected chi connectivity index (χ2v) is 15.3. The number of hydrogen-bond donors (Lipinski definition) is 0. The van der Waals surface area contributed by atoms with Crippen molar-refractivity contribution in [2.45, 2.75) is 167 Å². The minimum absolute atomic E-state index is 0.0170. The van der Waals surface area contributed by atoms with Gasteiger partial charge in [-0.1, -0.05) is 151 Å². The Morgan fingerprint density at radius 3 is 1.58 bits per heavy atom. The minimum atomic E-state index is -1.14. The van der Waals surface area contributed by atoms with Crippen LogP contribution >= 0.6 is 0 Å². The van der Waals surface area contributed by atoms with Crippen LogP contribution in [-0.2, 0) is 28.6 Å². The van der Waals surface area contributed by atoms with Crippen LogP contribution in [0.25, 0.3) is 0 Å². The molecule has 2 atom stereocenters. The number of esters is 2. The Labute approximate surface area is 336 Å². The first-order valence-corrected chi connectivity index (χ1v) is 21.5. The topological polar surface area (TPSA) is 102 Å². The normalized spacial score (nSPS) is 13.7. The van der Waals surface area contributed by atoms with Crippen LogP contribution in [-0.4, -0.2) is 75.5 Å². The number of aliphatic carboxylic acids is 1. The van der Waals surface area contributed by atoms with Crippen molar-refractivity contribution in [1.82, 2.24) is 0 Å². The molecule has 314 valence electrons. The van der Waals surface area contributed by atoms with E-state index in [-0.39, 0.29) is 49.1 Å². The summed E-state index contributed by atoms with van der Waals surface area (Å²) in [5, 5.41) is 11.6. The third kappa shape index (κ3) is 36.2. The molecule has 0 aromatic rings. The van der Waals surface area contributed by atoms with E-state index in [0.29, 0.717) is 12.8 Å². The molecule has 0 N–H and O–H groups in total. The molecule has 8 heteroatoms. The lowest BCUT2D eigenvalue weighted by Gasteiger charge is -2.34. The van der Waals surface area contributed by atoms with Crippen LogP contribution in [0.3, 0.4) is 0 Å². The molecule has 0 aromatic carbocycles. The van der Waals surface area contributed by atoms with Gasteiger partial charge in [-0.15, -0.1) is 0 Å². The van der Waals surface area contributed by atoms with E-state index in [1.165, 1.54) is 57.8 Å². The number of nitrogens with zero attached hydrogens (tertiary/aromatic N) is 1. The van der Waals surface area contributed by atoms with Gasteiger partial charge in [0.2, 0.25) is 0 Å². The van der Waals surface area contributed by atoms with Gasteiger partial charge in [-0.25, -0.2) is 0 Å². The molecule has 0 fully saturated rings. The van der Waals surface area contributed by atoms with E-state index in [9.17, 15) is 19.5 Å². The van der Waals surface area contributed by atoms with Crippen molar-refractivity contribution >= 4 is 17.9 Å². The summed E-state index contributed by atoms with van der Waals surface area (Å²) in [5.41, 5.74) is 0. The number of ether oxygens (including phenoxy) is 3. The van der Waals surface area contributed by atoms with E-state index in [1.807, 2.05) is 48.6 Å². The van der Waals surface area contributed by atoms with Crippen molar-refractivity contribution in [1.29, 1.82) is 0 Å². The summed E-state index contributed by atoms with van der Waals surface area (Å²) < 4.78 is 17.1. The number of carbonyl (C=O) groups excluding carboxylic acids is 3. The van der Waals surface area contributed by atoms with E-state index in [1.54, 1.807) is 21.1 Å². The Morgan fingerprint density at radius 1 is 0.564 bits per heavy atom. The molecule has 0 spiro atoms. The van der Waals surface area contributed by atoms with Crippen LogP contribution in [0.4, 0.5) is 0 Å². The van der Waals surface area contributed by atoms with Gasteiger partial charge in [-0.05, 0) is 57.8 Å². The average Bonchev–Trinajstić information content (AvgIpc) is 3.14. The first-order chi connectivity index (χ1) is 26.6. The van der Waals surface area contributed by atoms with Gasteiger partial charge in [0.25, 0.3) is 0 Å². The Balaban J connectivity index is 4.46. The van der Waals surface area contributed by atoms with E-state index >= 15 is 0 Å². The molecule has 2 unspecified atom stereocenters. The second-order valence-electron chi connectivity index (χ2n) is 15.3. The minimum Gasteiger partial charge on any atom is -0.544 e. The molecular weight excluding hydrogens is 691 g/mol. The number of likely N-dealkylation sites (N-methyl/N-ethyl adjacent to an activating group) is 1. The highest BCUT2D eigenvalue weighted by Gasteiger charge is 2.25. The lowest BCUT2D eigenvalue weighted by Crippen LogP contribution is -2.55. The van der Waals surface area contributed by atoms with Crippen LogP contribution in [0.1, 0.15) is 155 Å². The second kappa shape index (κ2) is 37.7. The Kier molecular flexibility index (Phi) is 35.5. The van der Waals surface area contributed by atoms with Crippen molar-refractivity contribution in [3.05, 3.63) is 72.9 Å². The van der Waals surface area contributed by atoms with Gasteiger partial charge in [0.15, 0.2) is 6.10 Å². The average molecular weight is 770 g/mol. The van der Waals surface area contributed by atoms with Crippen LogP contribution < -0.4 is 5.11 Å². The zero-order valence-electron chi connectivity index (χ0n) is 35.6. The van der Waals surface area contributed by atoms with Gasteiger partial charge in [0.05, 0.1) is 40.3 Å². The van der Waals surface area contributed by atoms with Gasteiger partial charge in [-0.2, -0.15) is 0 Å². The summed E-state index contributed by atoms with van der Waals surface area (Å²) >= 11 is 0. The van der Waals surface area contributed by atoms with Crippen LogP contribution in [0, 0.1) is 0 Å². The van der Waals surface area contributed by atoms with Crippen LogP contribution in [0.5, 0.6) is 0 Å². The summed E-state index contributed by atoms with van der Waals surface area (Å²) in [4.78, 5) is 36.8. The first-order valence-electron chi connectivity index (χ1n) is 21.5. The lowest BCUT2D eigenvalue weighted by atomic mass is 10.1. The van der Waals surface area contributed by atoms with Crippen LogP contribution in [0.2, 0.25) is 0 Å². The van der Waals surface area contributed by atoms with Gasteiger partial charge in [0, 0.05) is 19.3 Å². The fourth-order valence-electron chi connectivity index (χ4n) is 5.85. The quantitative estimate of drug-likeness (QED) is 0.0204. The van der Waals surface area contributed by atoms with E-state index in [4.69, 9.17) is 14.2 Å². The molecule has 0 radical (unpaired) electrons. The molecule has 0 aromatic heterocycles. The molecule has 0 aliphatic heterocycles.